The minimum absolute atomic E-state index is 0.0562. The van der Waals surface area contributed by atoms with Gasteiger partial charge < -0.3 is 15.7 Å². The monoisotopic (exact) mass is 393 g/mol. The number of hydrogen-bond donors (Lipinski definition) is 3. The molecule has 0 unspecified atom stereocenters. The number of amides is 2. The molecule has 10 heteroatoms. The molecule has 0 radical (unpaired) electrons. The smallest absolute Gasteiger partial charge is 0.416 e. The number of aliphatic carboxylic acids is 1. The minimum atomic E-state index is -4.56. The van der Waals surface area contributed by atoms with E-state index in [0.717, 1.165) is 12.1 Å². The highest BCUT2D eigenvalue weighted by molar-refractivity contribution is 6.31. The van der Waals surface area contributed by atoms with Gasteiger partial charge in [0.05, 0.1) is 12.1 Å². The highest BCUT2D eigenvalue weighted by Crippen LogP contribution is 2.33. The van der Waals surface area contributed by atoms with Gasteiger partial charge in [-0.1, -0.05) is 18.5 Å². The lowest BCUT2D eigenvalue weighted by molar-refractivity contribution is -0.139. The standard InChI is InChI=1S/C16H19ClF3N3O3/c1-2-23(8-14(24)25)13-6-12(7-13)22-15(26)21-11-4-9(16(18,19)20)3-10(17)5-11/h3-5,12-13H,2,6-8H2,1H3,(H,24,25)(H2,21,22,26). The molecule has 1 fully saturated rings. The van der Waals surface area contributed by atoms with Crippen LogP contribution in [-0.2, 0) is 11.0 Å². The van der Waals surface area contributed by atoms with Gasteiger partial charge in [0.1, 0.15) is 0 Å². The van der Waals surface area contributed by atoms with Crippen molar-refractivity contribution in [2.45, 2.75) is 38.0 Å². The van der Waals surface area contributed by atoms with Crippen LogP contribution in [0.4, 0.5) is 23.7 Å². The van der Waals surface area contributed by atoms with Crippen molar-refractivity contribution in [1.82, 2.24) is 10.2 Å². The number of alkyl halides is 3. The molecule has 0 bridgehead atoms. The van der Waals surface area contributed by atoms with E-state index in [1.54, 1.807) is 4.90 Å². The number of carboxylic acids is 1. The van der Waals surface area contributed by atoms with Gasteiger partial charge in [-0.25, -0.2) is 4.79 Å². The fraction of sp³-hybridized carbons (Fsp3) is 0.500. The van der Waals surface area contributed by atoms with Gasteiger partial charge in [-0.3, -0.25) is 9.69 Å². The number of nitrogens with one attached hydrogen (secondary N) is 2. The van der Waals surface area contributed by atoms with Gasteiger partial charge in [-0.05, 0) is 37.6 Å². The van der Waals surface area contributed by atoms with Crippen LogP contribution >= 0.6 is 11.6 Å². The largest absolute Gasteiger partial charge is 0.480 e. The number of carbonyl (C=O) groups is 2. The second-order valence-corrected chi connectivity index (χ2v) is 6.54. The molecule has 0 saturated heterocycles. The molecular weight excluding hydrogens is 375 g/mol. The molecule has 6 nitrogen and oxygen atoms in total. The van der Waals surface area contributed by atoms with Crippen molar-refractivity contribution in [3.63, 3.8) is 0 Å². The average molecular weight is 394 g/mol. The Morgan fingerprint density at radius 1 is 1.31 bits per heavy atom. The van der Waals surface area contributed by atoms with Crippen LogP contribution in [0.1, 0.15) is 25.3 Å². The quantitative estimate of drug-likeness (QED) is 0.691. The van der Waals surface area contributed by atoms with Gasteiger partial charge in [0, 0.05) is 22.8 Å². The minimum Gasteiger partial charge on any atom is -0.480 e. The number of benzene rings is 1. The Labute approximate surface area is 153 Å². The van der Waals surface area contributed by atoms with Gasteiger partial charge >= 0.3 is 18.2 Å². The fourth-order valence-corrected chi connectivity index (χ4v) is 3.09. The maximum Gasteiger partial charge on any atom is 0.416 e. The summed E-state index contributed by atoms with van der Waals surface area (Å²) in [7, 11) is 0. The van der Waals surface area contributed by atoms with Crippen molar-refractivity contribution >= 4 is 29.3 Å². The summed E-state index contributed by atoms with van der Waals surface area (Å²) >= 11 is 5.67. The zero-order chi connectivity index (χ0) is 19.5. The summed E-state index contributed by atoms with van der Waals surface area (Å²) in [5.74, 6) is -0.914. The van der Waals surface area contributed by atoms with Crippen molar-refractivity contribution in [3.05, 3.63) is 28.8 Å². The molecule has 1 aromatic rings. The Bertz CT molecular complexity index is 678. The summed E-state index contributed by atoms with van der Waals surface area (Å²) in [6, 6.07) is 2.08. The molecule has 144 valence electrons. The number of halogens is 4. The van der Waals surface area contributed by atoms with E-state index in [0.29, 0.717) is 19.4 Å². The lowest BCUT2D eigenvalue weighted by Crippen LogP contribution is -2.55. The molecule has 2 amide bonds. The molecule has 26 heavy (non-hydrogen) atoms. The van der Waals surface area contributed by atoms with E-state index in [-0.39, 0.29) is 29.3 Å². The van der Waals surface area contributed by atoms with Crippen molar-refractivity contribution in [2.24, 2.45) is 0 Å². The van der Waals surface area contributed by atoms with Crippen LogP contribution in [0.2, 0.25) is 5.02 Å². The summed E-state index contributed by atoms with van der Waals surface area (Å²) in [5, 5.41) is 13.7. The van der Waals surface area contributed by atoms with Crippen LogP contribution in [-0.4, -0.2) is 47.2 Å². The molecule has 0 spiro atoms. The van der Waals surface area contributed by atoms with Gasteiger partial charge in [0.2, 0.25) is 0 Å². The highest BCUT2D eigenvalue weighted by Gasteiger charge is 2.35. The molecule has 1 aliphatic carbocycles. The third-order valence-electron chi connectivity index (χ3n) is 4.19. The SMILES string of the molecule is CCN(CC(=O)O)C1CC(NC(=O)Nc2cc(Cl)cc(C(F)(F)F)c2)C1. The van der Waals surface area contributed by atoms with E-state index in [9.17, 15) is 22.8 Å². The van der Waals surface area contributed by atoms with Gasteiger partial charge in [-0.15, -0.1) is 0 Å². The summed E-state index contributed by atoms with van der Waals surface area (Å²) < 4.78 is 38.3. The van der Waals surface area contributed by atoms with Crippen LogP contribution in [0.3, 0.4) is 0 Å². The Kier molecular flexibility index (Phi) is 6.35. The molecule has 3 N–H and O–H groups in total. The average Bonchev–Trinajstić information content (AvgIpc) is 2.46. The Morgan fingerprint density at radius 3 is 2.50 bits per heavy atom. The van der Waals surface area contributed by atoms with Crippen LogP contribution < -0.4 is 10.6 Å². The highest BCUT2D eigenvalue weighted by atomic mass is 35.5. The first kappa shape index (κ1) is 20.3. The summed E-state index contributed by atoms with van der Waals surface area (Å²) in [6.45, 7) is 2.37. The fourth-order valence-electron chi connectivity index (χ4n) is 2.85. The number of carbonyl (C=O) groups excluding carboxylic acids is 1. The number of likely N-dealkylation sites (N-methyl/N-ethyl adjacent to an activating group) is 1. The number of anilines is 1. The number of rotatable bonds is 6. The van der Waals surface area contributed by atoms with Crippen LogP contribution in [0.15, 0.2) is 18.2 Å². The molecule has 2 rings (SSSR count). The van der Waals surface area contributed by atoms with E-state index in [4.69, 9.17) is 16.7 Å². The predicted molar refractivity (Wildman–Crippen MR) is 90.3 cm³/mol. The molecule has 1 saturated carbocycles. The van der Waals surface area contributed by atoms with Gasteiger partial charge in [0.25, 0.3) is 0 Å². The molecule has 1 aliphatic rings. The van der Waals surface area contributed by atoms with Crippen molar-refractivity contribution in [1.29, 1.82) is 0 Å². The lowest BCUT2D eigenvalue weighted by atomic mass is 9.85. The normalized spacial score (nSPS) is 19.8. The number of nitrogens with zero attached hydrogens (tertiary/aromatic N) is 1. The molecule has 0 aromatic heterocycles. The molecular formula is C16H19ClF3N3O3. The van der Waals surface area contributed by atoms with E-state index >= 15 is 0 Å². The maximum absolute atomic E-state index is 12.8. The first-order valence-corrected chi connectivity index (χ1v) is 8.37. The second-order valence-electron chi connectivity index (χ2n) is 6.10. The molecule has 0 aliphatic heterocycles. The van der Waals surface area contributed by atoms with Crippen molar-refractivity contribution in [2.75, 3.05) is 18.4 Å². The maximum atomic E-state index is 12.8. The van der Waals surface area contributed by atoms with Crippen molar-refractivity contribution in [3.8, 4) is 0 Å². The number of urea groups is 1. The van der Waals surface area contributed by atoms with Crippen LogP contribution in [0.25, 0.3) is 0 Å². The zero-order valence-electron chi connectivity index (χ0n) is 13.9. The number of hydrogen-bond acceptors (Lipinski definition) is 3. The Balaban J connectivity index is 1.87. The predicted octanol–water partition coefficient (Wildman–Crippen LogP) is 3.42. The van der Waals surface area contributed by atoms with E-state index in [1.807, 2.05) is 6.92 Å². The summed E-state index contributed by atoms with van der Waals surface area (Å²) in [5.41, 5.74) is -1.00. The van der Waals surface area contributed by atoms with E-state index in [2.05, 4.69) is 10.6 Å². The first-order chi connectivity index (χ1) is 12.1. The van der Waals surface area contributed by atoms with Gasteiger partial charge in [-0.2, -0.15) is 13.2 Å². The van der Waals surface area contributed by atoms with Crippen molar-refractivity contribution < 1.29 is 27.9 Å². The van der Waals surface area contributed by atoms with E-state index < -0.39 is 23.7 Å². The number of carboxylic acid groups (broad SMARTS) is 1. The van der Waals surface area contributed by atoms with Gasteiger partial charge in [0.15, 0.2) is 0 Å². The Morgan fingerprint density at radius 2 is 1.96 bits per heavy atom. The van der Waals surface area contributed by atoms with E-state index in [1.165, 1.54) is 6.07 Å². The van der Waals surface area contributed by atoms with Crippen LogP contribution in [0, 0.1) is 0 Å². The first-order valence-electron chi connectivity index (χ1n) is 7.99. The third-order valence-corrected chi connectivity index (χ3v) is 4.41. The Hall–Kier alpha value is -2.00. The molecule has 0 atom stereocenters. The molecule has 0 heterocycles. The third kappa shape index (κ3) is 5.50. The lowest BCUT2D eigenvalue weighted by Gasteiger charge is -2.42. The molecule has 1 aromatic carbocycles. The van der Waals surface area contributed by atoms with Crippen LogP contribution in [0.5, 0.6) is 0 Å². The summed E-state index contributed by atoms with van der Waals surface area (Å²) in [4.78, 5) is 24.5. The second kappa shape index (κ2) is 8.13. The zero-order valence-corrected chi connectivity index (χ0v) is 14.7. The summed E-state index contributed by atoms with van der Waals surface area (Å²) in [6.07, 6.45) is -3.40. The topological polar surface area (TPSA) is 81.7 Å².